The molecule has 2 aliphatic heterocycles. The van der Waals surface area contributed by atoms with Crippen LogP contribution in [0.1, 0.15) is 32.2 Å². The second-order valence-electron chi connectivity index (χ2n) is 9.70. The van der Waals surface area contributed by atoms with Gasteiger partial charge < -0.3 is 10.1 Å². The zero-order valence-electron chi connectivity index (χ0n) is 22.1. The van der Waals surface area contributed by atoms with Gasteiger partial charge in [-0.2, -0.15) is 0 Å². The Morgan fingerprint density at radius 3 is 2.55 bits per heavy atom. The van der Waals surface area contributed by atoms with E-state index in [0.29, 0.717) is 18.5 Å². The Balaban J connectivity index is 1.37. The molecule has 3 aromatic rings. The molecule has 38 heavy (non-hydrogen) atoms. The van der Waals surface area contributed by atoms with Crippen LogP contribution in [-0.2, 0) is 17.8 Å². The van der Waals surface area contributed by atoms with Crippen LogP contribution in [0.5, 0.6) is 0 Å². The SMILES string of the molecule is CCOC(=O)NC1=NCc2cc(-c3cnc(CN4CCN(C(C)C)CC4)nc3)cc(-c3ccccn3)c2N1. The van der Waals surface area contributed by atoms with Crippen molar-refractivity contribution in [3.05, 3.63) is 60.3 Å². The number of hydrogen-bond donors (Lipinski definition) is 2. The minimum absolute atomic E-state index is 0.286. The zero-order chi connectivity index (χ0) is 26.5. The van der Waals surface area contributed by atoms with Gasteiger partial charge in [-0.25, -0.2) is 19.8 Å². The van der Waals surface area contributed by atoms with E-state index >= 15 is 0 Å². The molecule has 2 aliphatic rings. The molecule has 0 radical (unpaired) electrons. The molecule has 0 atom stereocenters. The summed E-state index contributed by atoms with van der Waals surface area (Å²) in [6.07, 6.45) is 5.01. The van der Waals surface area contributed by atoms with Crippen LogP contribution in [0.25, 0.3) is 22.4 Å². The Bertz CT molecular complexity index is 1290. The van der Waals surface area contributed by atoms with E-state index in [1.165, 1.54) is 0 Å². The molecule has 0 unspecified atom stereocenters. The minimum Gasteiger partial charge on any atom is -0.450 e. The molecular formula is C28H34N8O2. The summed E-state index contributed by atoms with van der Waals surface area (Å²) in [7, 11) is 0. The number of hydrogen-bond acceptors (Lipinski definition) is 9. The van der Waals surface area contributed by atoms with Crippen molar-refractivity contribution in [2.45, 2.75) is 39.9 Å². The number of nitrogens with zero attached hydrogens (tertiary/aromatic N) is 6. The molecule has 0 aliphatic carbocycles. The predicted molar refractivity (Wildman–Crippen MR) is 148 cm³/mol. The van der Waals surface area contributed by atoms with E-state index in [4.69, 9.17) is 14.7 Å². The maximum absolute atomic E-state index is 11.9. The summed E-state index contributed by atoms with van der Waals surface area (Å²) in [5.74, 6) is 1.18. The normalized spacial score (nSPS) is 15.9. The Morgan fingerprint density at radius 1 is 1.08 bits per heavy atom. The Hall–Kier alpha value is -3.89. The van der Waals surface area contributed by atoms with Crippen LogP contribution in [0.4, 0.5) is 10.5 Å². The van der Waals surface area contributed by atoms with Gasteiger partial charge in [-0.3, -0.25) is 20.1 Å². The lowest BCUT2D eigenvalue weighted by Crippen LogP contribution is -2.48. The van der Waals surface area contributed by atoms with Crippen LogP contribution < -0.4 is 10.6 Å². The van der Waals surface area contributed by atoms with Gasteiger partial charge in [-0.15, -0.1) is 0 Å². The first-order valence-electron chi connectivity index (χ1n) is 13.1. The topological polar surface area (TPSA) is 108 Å². The van der Waals surface area contributed by atoms with E-state index < -0.39 is 6.09 Å². The third kappa shape index (κ3) is 5.98. The number of carbonyl (C=O) groups excluding carboxylic acids is 1. The van der Waals surface area contributed by atoms with Gasteiger partial charge in [-0.1, -0.05) is 6.07 Å². The van der Waals surface area contributed by atoms with Gasteiger partial charge in [0.2, 0.25) is 5.96 Å². The predicted octanol–water partition coefficient (Wildman–Crippen LogP) is 3.76. The molecule has 1 aromatic carbocycles. The average molecular weight is 515 g/mol. The number of rotatable bonds is 6. The number of carbonyl (C=O) groups is 1. The summed E-state index contributed by atoms with van der Waals surface area (Å²) in [6.45, 7) is 11.9. The second-order valence-corrected chi connectivity index (χ2v) is 9.70. The van der Waals surface area contributed by atoms with Crippen molar-refractivity contribution in [3.63, 3.8) is 0 Å². The zero-order valence-corrected chi connectivity index (χ0v) is 22.1. The molecular weight excluding hydrogens is 480 g/mol. The van der Waals surface area contributed by atoms with E-state index in [9.17, 15) is 4.79 Å². The molecule has 1 amide bonds. The average Bonchev–Trinajstić information content (AvgIpc) is 2.94. The highest BCUT2D eigenvalue weighted by molar-refractivity contribution is 6.06. The first-order valence-corrected chi connectivity index (χ1v) is 13.1. The molecule has 0 spiro atoms. The van der Waals surface area contributed by atoms with Gasteiger partial charge in [0.1, 0.15) is 5.82 Å². The molecule has 4 heterocycles. The number of pyridine rings is 1. The van der Waals surface area contributed by atoms with Crippen molar-refractivity contribution in [2.75, 3.05) is 38.1 Å². The summed E-state index contributed by atoms with van der Waals surface area (Å²) in [5.41, 5.74) is 5.48. The molecule has 10 heteroatoms. The summed E-state index contributed by atoms with van der Waals surface area (Å²) in [6, 6.07) is 10.5. The van der Waals surface area contributed by atoms with Crippen LogP contribution >= 0.6 is 0 Å². The quantitative estimate of drug-likeness (QED) is 0.512. The number of nitrogens with one attached hydrogen (secondary N) is 2. The second kappa shape index (κ2) is 11.7. The lowest BCUT2D eigenvalue weighted by atomic mass is 9.96. The first kappa shape index (κ1) is 25.7. The highest BCUT2D eigenvalue weighted by Crippen LogP contribution is 2.36. The number of aliphatic imine (C=N–C) groups is 1. The van der Waals surface area contributed by atoms with Crippen LogP contribution in [0.2, 0.25) is 0 Å². The van der Waals surface area contributed by atoms with E-state index in [2.05, 4.69) is 56.4 Å². The fourth-order valence-electron chi connectivity index (χ4n) is 4.75. The maximum Gasteiger partial charge on any atom is 0.413 e. The van der Waals surface area contributed by atoms with Crippen LogP contribution in [0.3, 0.4) is 0 Å². The van der Waals surface area contributed by atoms with Gasteiger partial charge >= 0.3 is 6.09 Å². The van der Waals surface area contributed by atoms with Crippen LogP contribution in [0.15, 0.2) is 53.9 Å². The van der Waals surface area contributed by atoms with E-state index in [1.54, 1.807) is 13.1 Å². The van der Waals surface area contributed by atoms with E-state index in [1.807, 2.05) is 30.6 Å². The van der Waals surface area contributed by atoms with Crippen molar-refractivity contribution in [2.24, 2.45) is 4.99 Å². The summed E-state index contributed by atoms with van der Waals surface area (Å²) in [5, 5.41) is 5.92. The number of piperazine rings is 1. The van der Waals surface area contributed by atoms with E-state index in [0.717, 1.165) is 72.2 Å². The number of guanidine groups is 1. The van der Waals surface area contributed by atoms with Gasteiger partial charge in [0.05, 0.1) is 31.1 Å². The number of benzene rings is 1. The third-order valence-corrected chi connectivity index (χ3v) is 6.85. The lowest BCUT2D eigenvalue weighted by Gasteiger charge is -2.36. The van der Waals surface area contributed by atoms with Gasteiger partial charge in [0.15, 0.2) is 0 Å². The van der Waals surface area contributed by atoms with Crippen molar-refractivity contribution in [1.29, 1.82) is 0 Å². The number of amides is 1. The molecule has 0 bridgehead atoms. The first-order chi connectivity index (χ1) is 18.5. The third-order valence-electron chi connectivity index (χ3n) is 6.85. The van der Waals surface area contributed by atoms with E-state index in [-0.39, 0.29) is 6.61 Å². The molecule has 0 saturated carbocycles. The highest BCUT2D eigenvalue weighted by Gasteiger charge is 2.22. The van der Waals surface area contributed by atoms with Crippen LogP contribution in [0, 0.1) is 0 Å². The number of alkyl carbamates (subject to hydrolysis) is 1. The van der Waals surface area contributed by atoms with Crippen molar-refractivity contribution in [3.8, 4) is 22.4 Å². The van der Waals surface area contributed by atoms with Gasteiger partial charge in [0, 0.05) is 61.9 Å². The van der Waals surface area contributed by atoms with Crippen LogP contribution in [-0.4, -0.2) is 75.6 Å². The fourth-order valence-corrected chi connectivity index (χ4v) is 4.75. The van der Waals surface area contributed by atoms with Gasteiger partial charge in [0.25, 0.3) is 0 Å². The number of anilines is 1. The highest BCUT2D eigenvalue weighted by atomic mass is 16.5. The number of fused-ring (bicyclic) bond motifs is 1. The minimum atomic E-state index is -0.544. The maximum atomic E-state index is 11.9. The molecule has 1 saturated heterocycles. The Kier molecular flexibility index (Phi) is 7.90. The number of ether oxygens (including phenoxy) is 1. The molecule has 2 N–H and O–H groups in total. The molecule has 2 aromatic heterocycles. The largest absolute Gasteiger partial charge is 0.450 e. The lowest BCUT2D eigenvalue weighted by molar-refractivity contribution is 0.102. The summed E-state index contributed by atoms with van der Waals surface area (Å²) in [4.78, 5) is 35.3. The fraction of sp³-hybridized carbons (Fsp3) is 0.393. The standard InChI is InChI=1S/C28H34N8O2/c1-4-38-28(37)34-27-32-15-21-13-20(14-23(26(21)33-27)24-7-5-6-8-29-24)22-16-30-25(31-17-22)18-35-9-11-36(12-10-35)19(2)3/h5-8,13-14,16-17,19H,4,9-12,15,18H2,1-3H3,(H2,32,33,34,37). The van der Waals surface area contributed by atoms with Crippen molar-refractivity contribution < 1.29 is 9.53 Å². The monoisotopic (exact) mass is 514 g/mol. The molecule has 1 fully saturated rings. The summed E-state index contributed by atoms with van der Waals surface area (Å²) < 4.78 is 4.99. The molecule has 10 nitrogen and oxygen atoms in total. The Morgan fingerprint density at radius 2 is 1.87 bits per heavy atom. The summed E-state index contributed by atoms with van der Waals surface area (Å²) >= 11 is 0. The molecule has 198 valence electrons. The van der Waals surface area contributed by atoms with Crippen molar-refractivity contribution >= 4 is 17.7 Å². The smallest absolute Gasteiger partial charge is 0.413 e. The Labute approximate surface area is 223 Å². The van der Waals surface area contributed by atoms with Crippen molar-refractivity contribution in [1.82, 2.24) is 30.1 Å². The molecule has 5 rings (SSSR count). The van der Waals surface area contributed by atoms with Gasteiger partial charge in [-0.05, 0) is 56.2 Å². The number of aromatic nitrogens is 3.